The number of rotatable bonds is 8. The molecule has 0 spiro atoms. The average molecular weight is 529 g/mol. The summed E-state index contributed by atoms with van der Waals surface area (Å²) < 4.78 is 5.95. The van der Waals surface area contributed by atoms with E-state index in [0.29, 0.717) is 12.5 Å². The molecule has 0 amide bonds. The van der Waals surface area contributed by atoms with Crippen LogP contribution in [0.2, 0.25) is 0 Å². The number of aromatic nitrogens is 1. The number of guanidine groups is 1. The molecule has 7 heteroatoms. The third-order valence-corrected chi connectivity index (χ3v) is 6.12. The van der Waals surface area contributed by atoms with E-state index in [4.69, 9.17) is 9.73 Å². The van der Waals surface area contributed by atoms with Crippen LogP contribution in [0.4, 0.5) is 0 Å². The fourth-order valence-electron chi connectivity index (χ4n) is 3.57. The minimum atomic E-state index is 0. The molecule has 1 fully saturated rings. The van der Waals surface area contributed by atoms with Crippen LogP contribution in [0.5, 0.6) is 0 Å². The quantitative estimate of drug-likeness (QED) is 0.313. The van der Waals surface area contributed by atoms with Crippen molar-refractivity contribution in [2.45, 2.75) is 40.2 Å². The number of hydrogen-bond acceptors (Lipinski definition) is 4. The van der Waals surface area contributed by atoms with Gasteiger partial charge < -0.3 is 15.0 Å². The van der Waals surface area contributed by atoms with Gasteiger partial charge in [0.15, 0.2) is 5.96 Å². The van der Waals surface area contributed by atoms with Gasteiger partial charge in [-0.05, 0) is 32.8 Å². The van der Waals surface area contributed by atoms with Crippen molar-refractivity contribution in [3.8, 4) is 0 Å². The van der Waals surface area contributed by atoms with Crippen molar-refractivity contribution in [1.29, 1.82) is 0 Å². The Morgan fingerprint density at radius 3 is 2.79 bits per heavy atom. The number of nitrogens with zero attached hydrogens (tertiary/aromatic N) is 3. The zero-order chi connectivity index (χ0) is 19.8. The maximum atomic E-state index is 5.95. The Balaban J connectivity index is 0.00000300. The number of halogens is 1. The molecule has 29 heavy (non-hydrogen) atoms. The highest BCUT2D eigenvalue weighted by Gasteiger charge is 2.25. The topological polar surface area (TPSA) is 49.8 Å². The van der Waals surface area contributed by atoms with Crippen molar-refractivity contribution in [2.24, 2.45) is 10.9 Å². The first-order chi connectivity index (χ1) is 13.7. The predicted octanol–water partition coefficient (Wildman–Crippen LogP) is 4.42. The molecule has 2 heterocycles. The molecular weight excluding hydrogens is 495 g/mol. The van der Waals surface area contributed by atoms with Crippen LogP contribution in [0.15, 0.2) is 35.3 Å². The highest BCUT2D eigenvalue weighted by atomic mass is 127. The molecule has 160 valence electrons. The van der Waals surface area contributed by atoms with Crippen LogP contribution in [0.1, 0.15) is 34.5 Å². The van der Waals surface area contributed by atoms with Gasteiger partial charge in [0.05, 0.1) is 23.9 Å². The van der Waals surface area contributed by atoms with E-state index in [1.807, 2.05) is 6.07 Å². The molecule has 2 aromatic rings. The summed E-state index contributed by atoms with van der Waals surface area (Å²) in [5.41, 5.74) is 2.39. The van der Waals surface area contributed by atoms with Gasteiger partial charge in [0.2, 0.25) is 0 Å². The lowest BCUT2D eigenvalue weighted by Gasteiger charge is -2.21. The molecule has 0 aliphatic carbocycles. The third-order valence-electron chi connectivity index (χ3n) is 4.99. The van der Waals surface area contributed by atoms with E-state index >= 15 is 0 Å². The second kappa shape index (κ2) is 12.5. The molecule has 1 aliphatic rings. The summed E-state index contributed by atoms with van der Waals surface area (Å²) in [5.74, 6) is 1.60. The van der Waals surface area contributed by atoms with Gasteiger partial charge in [-0.3, -0.25) is 4.99 Å². The molecule has 3 rings (SSSR count). The number of hydrogen-bond donors (Lipinski definition) is 1. The van der Waals surface area contributed by atoms with Crippen molar-refractivity contribution in [3.05, 3.63) is 51.5 Å². The minimum Gasteiger partial charge on any atom is -0.376 e. The van der Waals surface area contributed by atoms with Gasteiger partial charge in [-0.1, -0.05) is 30.3 Å². The van der Waals surface area contributed by atoms with E-state index < -0.39 is 0 Å². The Kier molecular flexibility index (Phi) is 10.4. The summed E-state index contributed by atoms with van der Waals surface area (Å²) in [6, 6.07) is 10.4. The van der Waals surface area contributed by atoms with Gasteiger partial charge in [0.25, 0.3) is 0 Å². The molecule has 1 N–H and O–H groups in total. The van der Waals surface area contributed by atoms with E-state index in [0.717, 1.165) is 62.3 Å². The van der Waals surface area contributed by atoms with Gasteiger partial charge in [-0.25, -0.2) is 4.98 Å². The molecule has 1 atom stereocenters. The van der Waals surface area contributed by atoms with E-state index in [1.165, 1.54) is 10.4 Å². The Bertz CT molecular complexity index is 765. The van der Waals surface area contributed by atoms with Crippen molar-refractivity contribution >= 4 is 41.3 Å². The zero-order valence-corrected chi connectivity index (χ0v) is 20.8. The summed E-state index contributed by atoms with van der Waals surface area (Å²) in [4.78, 5) is 13.1. The zero-order valence-electron chi connectivity index (χ0n) is 17.7. The first kappa shape index (κ1) is 24.1. The third kappa shape index (κ3) is 7.53. The van der Waals surface area contributed by atoms with Crippen LogP contribution < -0.4 is 5.32 Å². The Hall–Kier alpha value is -1.19. The minimum absolute atomic E-state index is 0. The molecule has 0 saturated carbocycles. The van der Waals surface area contributed by atoms with Gasteiger partial charge >= 0.3 is 0 Å². The Labute approximate surface area is 196 Å². The lowest BCUT2D eigenvalue weighted by atomic mass is 10.1. The molecule has 5 nitrogen and oxygen atoms in total. The highest BCUT2D eigenvalue weighted by molar-refractivity contribution is 14.0. The van der Waals surface area contributed by atoms with Gasteiger partial charge in [-0.2, -0.15) is 0 Å². The SMILES string of the molecule is CCNC(=NCCc1sc(C)nc1C)N1CCC(COCc2ccccc2)C1.I. The second-order valence-corrected chi connectivity index (χ2v) is 8.62. The number of thiazole rings is 1. The number of nitrogens with one attached hydrogen (secondary N) is 1. The molecule has 0 radical (unpaired) electrons. The fraction of sp³-hybridized carbons (Fsp3) is 0.545. The summed E-state index contributed by atoms with van der Waals surface area (Å²) in [6.45, 7) is 11.5. The largest absolute Gasteiger partial charge is 0.376 e. The number of ether oxygens (including phenoxy) is 1. The van der Waals surface area contributed by atoms with Crippen molar-refractivity contribution in [3.63, 3.8) is 0 Å². The predicted molar refractivity (Wildman–Crippen MR) is 132 cm³/mol. The maximum Gasteiger partial charge on any atom is 0.193 e. The molecular formula is C22H33IN4OS. The van der Waals surface area contributed by atoms with E-state index in [9.17, 15) is 0 Å². The number of aliphatic imine (C=N–C) groups is 1. The standard InChI is InChI=1S/C22H32N4OS.HI/c1-4-23-22(24-12-10-21-17(2)25-18(3)28-21)26-13-11-20(14-26)16-27-15-19-8-6-5-7-9-19;/h5-9,20H,4,10-16H2,1-3H3,(H,23,24);1H. The lowest BCUT2D eigenvalue weighted by molar-refractivity contribution is 0.0907. The first-order valence-electron chi connectivity index (χ1n) is 10.2. The normalized spacial score (nSPS) is 16.7. The fourth-order valence-corrected chi connectivity index (χ4v) is 4.50. The van der Waals surface area contributed by atoms with Crippen LogP contribution in [-0.4, -0.2) is 48.6 Å². The molecule has 1 aliphatic heterocycles. The molecule has 1 saturated heterocycles. The summed E-state index contributed by atoms with van der Waals surface area (Å²) in [5, 5.41) is 4.60. The van der Waals surface area contributed by atoms with E-state index in [-0.39, 0.29) is 24.0 Å². The summed E-state index contributed by atoms with van der Waals surface area (Å²) in [7, 11) is 0. The van der Waals surface area contributed by atoms with Gasteiger partial charge in [0.1, 0.15) is 0 Å². The van der Waals surface area contributed by atoms with Gasteiger partial charge in [0, 0.05) is 43.4 Å². The molecule has 1 aromatic heterocycles. The molecule has 1 aromatic carbocycles. The van der Waals surface area contributed by atoms with Crippen molar-refractivity contribution < 1.29 is 4.74 Å². The van der Waals surface area contributed by atoms with Crippen LogP contribution in [-0.2, 0) is 17.8 Å². The van der Waals surface area contributed by atoms with Gasteiger partial charge in [-0.15, -0.1) is 35.3 Å². The monoisotopic (exact) mass is 528 g/mol. The van der Waals surface area contributed by atoms with Crippen molar-refractivity contribution in [1.82, 2.24) is 15.2 Å². The average Bonchev–Trinajstić information content (AvgIpc) is 3.28. The van der Waals surface area contributed by atoms with Crippen LogP contribution in [0, 0.1) is 19.8 Å². The maximum absolute atomic E-state index is 5.95. The smallest absolute Gasteiger partial charge is 0.193 e. The highest BCUT2D eigenvalue weighted by Crippen LogP contribution is 2.19. The van der Waals surface area contributed by atoms with E-state index in [2.05, 4.69) is 60.2 Å². The summed E-state index contributed by atoms with van der Waals surface area (Å²) >= 11 is 1.79. The molecule has 1 unspecified atom stereocenters. The number of likely N-dealkylation sites (tertiary alicyclic amines) is 1. The van der Waals surface area contributed by atoms with Crippen LogP contribution in [0.3, 0.4) is 0 Å². The number of benzene rings is 1. The first-order valence-corrected chi connectivity index (χ1v) is 11.0. The van der Waals surface area contributed by atoms with Crippen LogP contribution in [0.25, 0.3) is 0 Å². The van der Waals surface area contributed by atoms with E-state index in [1.54, 1.807) is 11.3 Å². The second-order valence-electron chi connectivity index (χ2n) is 7.33. The lowest BCUT2D eigenvalue weighted by Crippen LogP contribution is -2.40. The Morgan fingerprint density at radius 1 is 1.31 bits per heavy atom. The Morgan fingerprint density at radius 2 is 2.10 bits per heavy atom. The van der Waals surface area contributed by atoms with Crippen molar-refractivity contribution in [2.75, 3.05) is 32.8 Å². The molecule has 0 bridgehead atoms. The number of aryl methyl sites for hydroxylation is 2. The van der Waals surface area contributed by atoms with Crippen LogP contribution >= 0.6 is 35.3 Å². The summed E-state index contributed by atoms with van der Waals surface area (Å²) in [6.07, 6.45) is 2.12.